The third kappa shape index (κ3) is 4.72. The maximum absolute atomic E-state index is 14.7. The van der Waals surface area contributed by atoms with E-state index in [0.29, 0.717) is 24.3 Å². The van der Waals surface area contributed by atoms with E-state index in [4.69, 9.17) is 19.2 Å². The summed E-state index contributed by atoms with van der Waals surface area (Å²) in [7, 11) is -0.579. The van der Waals surface area contributed by atoms with Crippen molar-refractivity contribution in [3.8, 4) is 11.8 Å². The summed E-state index contributed by atoms with van der Waals surface area (Å²) in [6.07, 6.45) is -1.93. The van der Waals surface area contributed by atoms with E-state index in [0.717, 1.165) is 10.4 Å². The van der Waals surface area contributed by atoms with Crippen molar-refractivity contribution in [2.24, 2.45) is 11.3 Å². The van der Waals surface area contributed by atoms with Gasteiger partial charge in [-0.3, -0.25) is 0 Å². The number of ether oxygens (including phenoxy) is 1. The summed E-state index contributed by atoms with van der Waals surface area (Å²) in [6, 6.07) is 7.40. The van der Waals surface area contributed by atoms with Crippen LogP contribution in [0.5, 0.6) is 5.75 Å². The van der Waals surface area contributed by atoms with E-state index >= 15 is 0 Å². The monoisotopic (exact) mass is 446 g/mol. The number of hydrogen-bond donors (Lipinski definition) is 1. The van der Waals surface area contributed by atoms with Crippen LogP contribution >= 0.6 is 0 Å². The number of piperidine rings is 1. The fraction of sp³-hybridized carbons (Fsp3) is 0.652. The smallest absolute Gasteiger partial charge is 0.492 e. The van der Waals surface area contributed by atoms with Gasteiger partial charge in [-0.25, -0.2) is 9.18 Å². The number of alkyl halides is 1. The van der Waals surface area contributed by atoms with Gasteiger partial charge in [0.25, 0.3) is 0 Å². The zero-order valence-corrected chi connectivity index (χ0v) is 19.6. The molecule has 0 aliphatic carbocycles. The first-order valence-electron chi connectivity index (χ1n) is 10.9. The van der Waals surface area contributed by atoms with Gasteiger partial charge in [0.05, 0.1) is 29.9 Å². The molecule has 2 unspecified atom stereocenters. The number of rotatable bonds is 5. The molecule has 0 saturated carbocycles. The van der Waals surface area contributed by atoms with Crippen LogP contribution in [0.3, 0.4) is 0 Å². The second-order valence-corrected chi connectivity index (χ2v) is 10.4. The number of nitriles is 1. The van der Waals surface area contributed by atoms with E-state index in [1.807, 2.05) is 47.6 Å². The molecule has 1 N–H and O–H groups in total. The van der Waals surface area contributed by atoms with Crippen molar-refractivity contribution in [1.82, 2.24) is 4.90 Å². The van der Waals surface area contributed by atoms with E-state index in [9.17, 15) is 14.4 Å². The number of amides is 1. The Hall–Kier alpha value is -2.31. The predicted octanol–water partition coefficient (Wildman–Crippen LogP) is 3.60. The molecule has 0 bridgehead atoms. The lowest BCUT2D eigenvalue weighted by molar-refractivity contribution is 0.0000222. The van der Waals surface area contributed by atoms with Gasteiger partial charge in [-0.2, -0.15) is 5.26 Å². The molecule has 2 saturated heterocycles. The molecular weight excluding hydrogens is 414 g/mol. The molecule has 1 aromatic carbocycles. The van der Waals surface area contributed by atoms with E-state index < -0.39 is 36.0 Å². The maximum atomic E-state index is 14.7. The number of nitrogens with zero attached hydrogens (tertiary/aromatic N) is 2. The van der Waals surface area contributed by atoms with E-state index in [2.05, 4.69) is 6.07 Å². The second kappa shape index (κ2) is 8.56. The molecule has 0 aromatic heterocycles. The summed E-state index contributed by atoms with van der Waals surface area (Å²) >= 11 is 0. The Balaban J connectivity index is 1.69. The molecule has 1 amide bonds. The molecule has 2 aliphatic heterocycles. The van der Waals surface area contributed by atoms with Crippen LogP contribution < -0.4 is 10.2 Å². The lowest BCUT2D eigenvalue weighted by Gasteiger charge is -2.41. The highest BCUT2D eigenvalue weighted by atomic mass is 19.1. The van der Waals surface area contributed by atoms with Crippen LogP contribution in [-0.4, -0.2) is 60.3 Å². The van der Waals surface area contributed by atoms with Crippen molar-refractivity contribution in [2.75, 3.05) is 19.7 Å². The van der Waals surface area contributed by atoms with Gasteiger partial charge in [-0.1, -0.05) is 19.9 Å². The zero-order valence-electron chi connectivity index (χ0n) is 19.6. The summed E-state index contributed by atoms with van der Waals surface area (Å²) in [5.74, 6) is 0.0758. The van der Waals surface area contributed by atoms with Gasteiger partial charge in [0.2, 0.25) is 0 Å². The Labute approximate surface area is 189 Å². The molecule has 3 rings (SSSR count). The Morgan fingerprint density at radius 3 is 2.50 bits per heavy atom. The zero-order chi connectivity index (χ0) is 23.9. The van der Waals surface area contributed by atoms with Gasteiger partial charge in [0.15, 0.2) is 0 Å². The molecule has 2 aliphatic rings. The van der Waals surface area contributed by atoms with Crippen molar-refractivity contribution in [1.29, 1.82) is 5.26 Å². The Bertz CT molecular complexity index is 898. The van der Waals surface area contributed by atoms with Crippen LogP contribution in [0.2, 0.25) is 0 Å². The van der Waals surface area contributed by atoms with Crippen LogP contribution in [0.4, 0.5) is 9.18 Å². The summed E-state index contributed by atoms with van der Waals surface area (Å²) in [5, 5.41) is 18.8. The summed E-state index contributed by atoms with van der Waals surface area (Å²) < 4.78 is 32.8. The molecule has 0 spiro atoms. The van der Waals surface area contributed by atoms with Crippen molar-refractivity contribution in [2.45, 2.75) is 65.3 Å². The van der Waals surface area contributed by atoms with Gasteiger partial charge in [-0.05, 0) is 51.7 Å². The maximum Gasteiger partial charge on any atom is 0.494 e. The highest BCUT2D eigenvalue weighted by Gasteiger charge is 2.51. The fourth-order valence-electron chi connectivity index (χ4n) is 4.22. The number of hydrogen-bond acceptors (Lipinski definition) is 5. The largest absolute Gasteiger partial charge is 0.494 e. The third-order valence-electron chi connectivity index (χ3n) is 7.06. The number of benzene rings is 1. The van der Waals surface area contributed by atoms with Gasteiger partial charge in [-0.15, -0.1) is 0 Å². The van der Waals surface area contributed by atoms with E-state index in [1.54, 1.807) is 12.1 Å². The SMILES string of the molecule is CC(C)(COc1ccc(B2OC(C)(C)C(C)(C)O2)cc1C#N)C1CCN(C(=O)O)CC1F. The van der Waals surface area contributed by atoms with Crippen molar-refractivity contribution >= 4 is 18.7 Å². The quantitative estimate of drug-likeness (QED) is 0.695. The molecule has 1 aromatic rings. The third-order valence-corrected chi connectivity index (χ3v) is 7.06. The molecule has 174 valence electrons. The first-order chi connectivity index (χ1) is 14.8. The Morgan fingerprint density at radius 2 is 1.97 bits per heavy atom. The topological polar surface area (TPSA) is 92.0 Å². The molecule has 2 atom stereocenters. The van der Waals surface area contributed by atoms with Crippen LogP contribution in [0.15, 0.2) is 18.2 Å². The average molecular weight is 446 g/mol. The summed E-state index contributed by atoms with van der Waals surface area (Å²) in [6.45, 7) is 12.1. The average Bonchev–Trinajstić information content (AvgIpc) is 2.93. The highest BCUT2D eigenvalue weighted by Crippen LogP contribution is 2.38. The molecule has 0 radical (unpaired) electrons. The Morgan fingerprint density at radius 1 is 1.34 bits per heavy atom. The first-order valence-corrected chi connectivity index (χ1v) is 10.9. The van der Waals surface area contributed by atoms with Gasteiger partial charge >= 0.3 is 13.2 Å². The van der Waals surface area contributed by atoms with E-state index in [-0.39, 0.29) is 19.1 Å². The number of carboxylic acid groups (broad SMARTS) is 1. The minimum atomic E-state index is -1.26. The molecular formula is C23H32BFN2O5. The molecule has 2 fully saturated rings. The lowest BCUT2D eigenvalue weighted by atomic mass is 9.73. The Kier molecular flexibility index (Phi) is 6.51. The fourth-order valence-corrected chi connectivity index (χ4v) is 4.22. The van der Waals surface area contributed by atoms with E-state index in [1.165, 1.54) is 0 Å². The number of carbonyl (C=O) groups is 1. The van der Waals surface area contributed by atoms with Gasteiger partial charge < -0.3 is 24.1 Å². The van der Waals surface area contributed by atoms with Crippen molar-refractivity contribution in [3.05, 3.63) is 23.8 Å². The number of halogens is 1. The summed E-state index contributed by atoms with van der Waals surface area (Å²) in [5.41, 5.74) is -0.422. The second-order valence-electron chi connectivity index (χ2n) is 10.4. The molecule has 2 heterocycles. The first kappa shape index (κ1) is 24.3. The summed E-state index contributed by atoms with van der Waals surface area (Å²) in [4.78, 5) is 12.2. The predicted molar refractivity (Wildman–Crippen MR) is 119 cm³/mol. The van der Waals surface area contributed by atoms with Crippen LogP contribution in [0.1, 0.15) is 53.5 Å². The molecule has 9 heteroatoms. The lowest BCUT2D eigenvalue weighted by Crippen LogP contribution is -2.49. The standard InChI is InChI=1S/C23H32BFN2O5/c1-21(2,17-9-10-27(20(28)29)13-18(17)25)14-30-19-8-7-16(11-15(19)12-26)24-31-22(3,4)23(5,6)32-24/h7-8,11,17-18H,9-10,13-14H2,1-6H3,(H,28,29). The molecule has 32 heavy (non-hydrogen) atoms. The van der Waals surface area contributed by atoms with Crippen LogP contribution in [0, 0.1) is 22.7 Å². The van der Waals surface area contributed by atoms with Crippen molar-refractivity contribution in [3.63, 3.8) is 0 Å². The van der Waals surface area contributed by atoms with Crippen molar-refractivity contribution < 1.29 is 28.3 Å². The highest BCUT2D eigenvalue weighted by molar-refractivity contribution is 6.62. The molecule has 7 nitrogen and oxygen atoms in total. The normalized spacial score (nSPS) is 24.8. The van der Waals surface area contributed by atoms with Gasteiger partial charge in [0.1, 0.15) is 18.0 Å². The van der Waals surface area contributed by atoms with Crippen LogP contribution in [-0.2, 0) is 9.31 Å². The van der Waals surface area contributed by atoms with Gasteiger partial charge in [0, 0.05) is 17.9 Å². The van der Waals surface area contributed by atoms with Crippen LogP contribution in [0.25, 0.3) is 0 Å². The minimum absolute atomic E-state index is 0.129. The number of likely N-dealkylation sites (tertiary alicyclic amines) is 1. The minimum Gasteiger partial charge on any atom is -0.492 e.